The number of hydrogen-bond donors (Lipinski definition) is 2. The Morgan fingerprint density at radius 1 is 1.29 bits per heavy atom. The van der Waals surface area contributed by atoms with Crippen LogP contribution < -0.4 is 11.3 Å². The summed E-state index contributed by atoms with van der Waals surface area (Å²) in [5.41, 5.74) is 2.95. The van der Waals surface area contributed by atoms with Gasteiger partial charge < -0.3 is 0 Å². The lowest BCUT2D eigenvalue weighted by molar-refractivity contribution is -0.138. The van der Waals surface area contributed by atoms with Gasteiger partial charge in [0.1, 0.15) is 0 Å². The fourth-order valence-electron chi connectivity index (χ4n) is 2.11. The molecule has 0 amide bonds. The number of hydrazine groups is 1. The first kappa shape index (κ1) is 15.8. The normalized spacial score (nSPS) is 13.2. The number of hydrogen-bond acceptors (Lipinski definition) is 3. The first-order valence-electron chi connectivity index (χ1n) is 6.08. The van der Waals surface area contributed by atoms with E-state index >= 15 is 0 Å². The summed E-state index contributed by atoms with van der Waals surface area (Å²) in [4.78, 5) is 3.77. The van der Waals surface area contributed by atoms with Gasteiger partial charge in [0, 0.05) is 23.0 Å². The number of rotatable bonds is 3. The van der Waals surface area contributed by atoms with E-state index in [0.29, 0.717) is 10.6 Å². The Morgan fingerprint density at radius 2 is 2.00 bits per heavy atom. The van der Waals surface area contributed by atoms with E-state index in [9.17, 15) is 13.2 Å². The SMILES string of the molecule is Cc1cc(C(NN)c2cnccc2C(F)(F)F)ccc1Cl. The average molecular weight is 316 g/mol. The standard InChI is InChI=1S/C14H13ClF3N3/c1-8-6-9(2-3-12(8)15)13(21-19)10-7-20-5-4-11(10)14(16,17)18/h2-7,13,21H,19H2,1H3. The Hall–Kier alpha value is -1.63. The third kappa shape index (κ3) is 3.34. The van der Waals surface area contributed by atoms with Gasteiger partial charge in [-0.05, 0) is 30.2 Å². The van der Waals surface area contributed by atoms with Crippen LogP contribution in [-0.2, 0) is 6.18 Å². The van der Waals surface area contributed by atoms with Gasteiger partial charge in [-0.15, -0.1) is 0 Å². The summed E-state index contributed by atoms with van der Waals surface area (Å²) in [6.45, 7) is 1.77. The molecule has 1 heterocycles. The van der Waals surface area contributed by atoms with E-state index in [1.807, 2.05) is 0 Å². The minimum absolute atomic E-state index is 0.0331. The van der Waals surface area contributed by atoms with Crippen molar-refractivity contribution in [3.63, 3.8) is 0 Å². The summed E-state index contributed by atoms with van der Waals surface area (Å²) in [5.74, 6) is 5.46. The van der Waals surface area contributed by atoms with Crippen LogP contribution in [0.1, 0.15) is 28.3 Å². The van der Waals surface area contributed by atoms with Gasteiger partial charge in [0.2, 0.25) is 0 Å². The number of aromatic nitrogens is 1. The Bertz CT molecular complexity index is 644. The molecule has 3 N–H and O–H groups in total. The largest absolute Gasteiger partial charge is 0.416 e. The highest BCUT2D eigenvalue weighted by Crippen LogP contribution is 2.36. The number of nitrogens with zero attached hydrogens (tertiary/aromatic N) is 1. The molecule has 0 bridgehead atoms. The van der Waals surface area contributed by atoms with Crippen LogP contribution in [0, 0.1) is 6.92 Å². The molecule has 0 spiro atoms. The smallest absolute Gasteiger partial charge is 0.271 e. The van der Waals surface area contributed by atoms with Gasteiger partial charge in [0.15, 0.2) is 0 Å². The highest BCUT2D eigenvalue weighted by Gasteiger charge is 2.35. The second-order valence-corrected chi connectivity index (χ2v) is 4.98. The van der Waals surface area contributed by atoms with Crippen molar-refractivity contribution < 1.29 is 13.2 Å². The molecule has 0 radical (unpaired) electrons. The molecule has 0 aliphatic carbocycles. The van der Waals surface area contributed by atoms with E-state index in [1.54, 1.807) is 25.1 Å². The molecule has 1 aromatic heterocycles. The summed E-state index contributed by atoms with van der Waals surface area (Å²) >= 11 is 5.93. The number of aryl methyl sites for hydroxylation is 1. The number of nitrogens with two attached hydrogens (primary N) is 1. The molecule has 3 nitrogen and oxygen atoms in total. The topological polar surface area (TPSA) is 50.9 Å². The lowest BCUT2D eigenvalue weighted by Gasteiger charge is -2.21. The lowest BCUT2D eigenvalue weighted by Crippen LogP contribution is -2.30. The Kier molecular flexibility index (Phi) is 4.51. The van der Waals surface area contributed by atoms with Crippen molar-refractivity contribution in [1.29, 1.82) is 0 Å². The molecule has 0 fully saturated rings. The summed E-state index contributed by atoms with van der Waals surface area (Å²) < 4.78 is 39.3. The van der Waals surface area contributed by atoms with Crippen LogP contribution >= 0.6 is 11.6 Å². The molecule has 1 aromatic carbocycles. The summed E-state index contributed by atoms with van der Waals surface area (Å²) in [7, 11) is 0. The zero-order valence-corrected chi connectivity index (χ0v) is 11.8. The molecule has 2 rings (SSSR count). The first-order chi connectivity index (χ1) is 9.84. The number of halogens is 4. The maximum atomic E-state index is 13.1. The van der Waals surface area contributed by atoms with Crippen LogP contribution in [0.4, 0.5) is 13.2 Å². The van der Waals surface area contributed by atoms with Crippen molar-refractivity contribution in [2.24, 2.45) is 5.84 Å². The maximum Gasteiger partial charge on any atom is 0.416 e. The van der Waals surface area contributed by atoms with Crippen LogP contribution in [0.15, 0.2) is 36.7 Å². The van der Waals surface area contributed by atoms with Crippen molar-refractivity contribution >= 4 is 11.6 Å². The fraction of sp³-hybridized carbons (Fsp3) is 0.214. The van der Waals surface area contributed by atoms with Crippen LogP contribution in [0.5, 0.6) is 0 Å². The number of benzene rings is 1. The molecule has 112 valence electrons. The van der Waals surface area contributed by atoms with Crippen molar-refractivity contribution in [1.82, 2.24) is 10.4 Å². The quantitative estimate of drug-likeness (QED) is 0.672. The highest BCUT2D eigenvalue weighted by molar-refractivity contribution is 6.31. The summed E-state index contributed by atoms with van der Waals surface area (Å²) in [6.07, 6.45) is -2.21. The molecule has 1 unspecified atom stereocenters. The average Bonchev–Trinajstić information content (AvgIpc) is 2.43. The Balaban J connectivity index is 2.54. The first-order valence-corrected chi connectivity index (χ1v) is 6.45. The van der Waals surface area contributed by atoms with E-state index in [0.717, 1.165) is 24.0 Å². The number of alkyl halides is 3. The van der Waals surface area contributed by atoms with Crippen LogP contribution in [0.2, 0.25) is 5.02 Å². The van der Waals surface area contributed by atoms with Gasteiger partial charge in [0.25, 0.3) is 0 Å². The van der Waals surface area contributed by atoms with Gasteiger partial charge in [-0.1, -0.05) is 23.7 Å². The number of pyridine rings is 1. The van der Waals surface area contributed by atoms with E-state index in [-0.39, 0.29) is 5.56 Å². The molecular weight excluding hydrogens is 303 g/mol. The van der Waals surface area contributed by atoms with E-state index in [4.69, 9.17) is 17.4 Å². The maximum absolute atomic E-state index is 13.1. The van der Waals surface area contributed by atoms with Crippen LogP contribution in [0.25, 0.3) is 0 Å². The minimum atomic E-state index is -4.48. The molecule has 0 saturated carbocycles. The minimum Gasteiger partial charge on any atom is -0.271 e. The monoisotopic (exact) mass is 315 g/mol. The Morgan fingerprint density at radius 3 is 2.57 bits per heavy atom. The van der Waals surface area contributed by atoms with Gasteiger partial charge in [-0.2, -0.15) is 13.2 Å². The number of nitrogens with one attached hydrogen (secondary N) is 1. The zero-order chi connectivity index (χ0) is 15.6. The van der Waals surface area contributed by atoms with Gasteiger partial charge >= 0.3 is 6.18 Å². The van der Waals surface area contributed by atoms with Crippen molar-refractivity contribution in [2.75, 3.05) is 0 Å². The predicted molar refractivity (Wildman–Crippen MR) is 74.6 cm³/mol. The van der Waals surface area contributed by atoms with Crippen LogP contribution in [0.3, 0.4) is 0 Å². The molecule has 1 atom stereocenters. The van der Waals surface area contributed by atoms with Gasteiger partial charge in [-0.3, -0.25) is 10.8 Å². The highest BCUT2D eigenvalue weighted by atomic mass is 35.5. The molecule has 2 aromatic rings. The van der Waals surface area contributed by atoms with E-state index in [1.165, 1.54) is 0 Å². The molecule has 21 heavy (non-hydrogen) atoms. The second kappa shape index (κ2) is 6.01. The van der Waals surface area contributed by atoms with Gasteiger partial charge in [-0.25, -0.2) is 5.43 Å². The molecule has 0 aliphatic rings. The molecule has 0 saturated heterocycles. The third-order valence-corrected chi connectivity index (χ3v) is 3.57. The third-order valence-electron chi connectivity index (χ3n) is 3.15. The van der Waals surface area contributed by atoms with E-state index < -0.39 is 17.8 Å². The van der Waals surface area contributed by atoms with E-state index in [2.05, 4.69) is 10.4 Å². The fourth-order valence-corrected chi connectivity index (χ4v) is 2.23. The molecule has 7 heteroatoms. The summed E-state index contributed by atoms with van der Waals surface area (Å²) in [5, 5.41) is 0.539. The van der Waals surface area contributed by atoms with Crippen molar-refractivity contribution in [3.8, 4) is 0 Å². The Labute approximate surface area is 124 Å². The van der Waals surface area contributed by atoms with Crippen LogP contribution in [-0.4, -0.2) is 4.98 Å². The van der Waals surface area contributed by atoms with Crippen molar-refractivity contribution in [2.45, 2.75) is 19.1 Å². The lowest BCUT2D eigenvalue weighted by atomic mass is 9.95. The predicted octanol–water partition coefficient (Wildman–Crippen LogP) is 3.61. The van der Waals surface area contributed by atoms with Crippen molar-refractivity contribution in [3.05, 3.63) is 63.9 Å². The molecule has 0 aliphatic heterocycles. The zero-order valence-electron chi connectivity index (χ0n) is 11.1. The second-order valence-electron chi connectivity index (χ2n) is 4.57. The molecular formula is C14H13ClF3N3. The summed E-state index contributed by atoms with van der Waals surface area (Å²) in [6, 6.07) is 5.06. The van der Waals surface area contributed by atoms with Gasteiger partial charge in [0.05, 0.1) is 11.6 Å².